The van der Waals surface area contributed by atoms with Crippen molar-refractivity contribution in [3.05, 3.63) is 63.2 Å². The van der Waals surface area contributed by atoms with Crippen molar-refractivity contribution in [3.63, 3.8) is 0 Å². The topological polar surface area (TPSA) is 67.3 Å². The van der Waals surface area contributed by atoms with Crippen molar-refractivity contribution in [2.45, 2.75) is 71.7 Å². The van der Waals surface area contributed by atoms with E-state index >= 15 is 0 Å². The Hall–Kier alpha value is -3.21. The van der Waals surface area contributed by atoms with Crippen molar-refractivity contribution in [3.8, 4) is 5.75 Å². The molecule has 1 fully saturated rings. The predicted molar refractivity (Wildman–Crippen MR) is 142 cm³/mol. The molecule has 40 heavy (non-hydrogen) atoms. The largest absolute Gasteiger partial charge is 0.434 e. The highest BCUT2D eigenvalue weighted by Gasteiger charge is 2.32. The molecule has 0 radical (unpaired) electrons. The van der Waals surface area contributed by atoms with Gasteiger partial charge in [0.2, 0.25) is 0 Å². The van der Waals surface area contributed by atoms with Crippen molar-refractivity contribution >= 4 is 16.7 Å². The van der Waals surface area contributed by atoms with Gasteiger partial charge >= 0.3 is 12.8 Å². The van der Waals surface area contributed by atoms with E-state index in [2.05, 4.69) is 21.2 Å². The van der Waals surface area contributed by atoms with E-state index in [1.54, 1.807) is 6.92 Å². The smallest absolute Gasteiger partial charge is 0.390 e. The Bertz CT molecular complexity index is 1400. The van der Waals surface area contributed by atoms with Crippen LogP contribution in [-0.2, 0) is 6.42 Å². The van der Waals surface area contributed by atoms with E-state index in [0.29, 0.717) is 24.3 Å². The number of alkyl halides is 5. The summed E-state index contributed by atoms with van der Waals surface area (Å²) in [6.45, 7) is 3.57. The molecule has 0 bridgehead atoms. The summed E-state index contributed by atoms with van der Waals surface area (Å²) in [6, 6.07) is 8.85. The zero-order valence-corrected chi connectivity index (χ0v) is 22.8. The molecule has 0 spiro atoms. The first-order valence-electron chi connectivity index (χ1n) is 13.4. The van der Waals surface area contributed by atoms with E-state index < -0.39 is 24.8 Å². The number of aromatic nitrogens is 2. The van der Waals surface area contributed by atoms with E-state index in [0.717, 1.165) is 29.4 Å². The molecule has 1 aliphatic rings. The normalized spacial score (nSPS) is 16.1. The average molecular weight is 568 g/mol. The maximum atomic E-state index is 13.6. The third-order valence-electron chi connectivity index (χ3n) is 7.92. The number of aromatic amines is 1. The number of aryl methyl sites for hydroxylation is 1. The van der Waals surface area contributed by atoms with Crippen LogP contribution in [0.15, 0.2) is 35.1 Å². The van der Waals surface area contributed by atoms with Gasteiger partial charge in [-0.15, -0.1) is 0 Å². The molecule has 0 aliphatic carbocycles. The second-order valence-corrected chi connectivity index (χ2v) is 10.6. The minimum atomic E-state index is -4.17. The van der Waals surface area contributed by atoms with Gasteiger partial charge in [-0.1, -0.05) is 18.2 Å². The number of likely N-dealkylation sites (tertiary alicyclic amines) is 1. The van der Waals surface area contributed by atoms with Gasteiger partial charge in [0.1, 0.15) is 5.75 Å². The van der Waals surface area contributed by atoms with E-state index in [1.807, 2.05) is 36.1 Å². The molecule has 3 aromatic rings. The van der Waals surface area contributed by atoms with Crippen LogP contribution in [0.25, 0.3) is 10.9 Å². The van der Waals surface area contributed by atoms with Crippen LogP contribution in [0, 0.1) is 19.8 Å². The number of carbonyl (C=O) groups is 1. The Morgan fingerprint density at radius 1 is 1.15 bits per heavy atom. The minimum absolute atomic E-state index is 0.00204. The highest BCUT2D eigenvalue weighted by molar-refractivity contribution is 6.09. The number of ether oxygens (including phenoxy) is 1. The predicted octanol–water partition coefficient (Wildman–Crippen LogP) is 6.59. The highest BCUT2D eigenvalue weighted by atomic mass is 19.4. The number of piperidine rings is 1. The minimum Gasteiger partial charge on any atom is -0.434 e. The molecule has 1 saturated heterocycles. The lowest BCUT2D eigenvalue weighted by Crippen LogP contribution is -2.38. The Labute approximate surface area is 229 Å². The maximum Gasteiger partial charge on any atom is 0.390 e. The quantitative estimate of drug-likeness (QED) is 0.222. The molecular weight excluding hydrogens is 533 g/mol. The van der Waals surface area contributed by atoms with E-state index in [4.69, 9.17) is 0 Å². The van der Waals surface area contributed by atoms with Crippen LogP contribution < -0.4 is 10.3 Å². The molecule has 0 unspecified atom stereocenters. The number of hydrogen-bond acceptors (Lipinski definition) is 4. The van der Waals surface area contributed by atoms with Gasteiger partial charge in [-0.2, -0.15) is 22.0 Å². The summed E-state index contributed by atoms with van der Waals surface area (Å²) in [7, 11) is 0. The maximum absolute atomic E-state index is 13.6. The van der Waals surface area contributed by atoms with Gasteiger partial charge in [0.15, 0.2) is 5.78 Å². The Balaban J connectivity index is 1.54. The van der Waals surface area contributed by atoms with E-state index in [9.17, 15) is 31.5 Å². The molecular formula is C29H34F5N3O3. The molecule has 1 N–H and O–H groups in total. The SMILES string of the molecule is Cc1cc(OC(F)F)c(CCC(=O)c2c(C)n([C@H](C)C3CCN(CCC(F)(F)F)CC3)c3ccccc23)c(=O)[nH]1. The van der Waals surface area contributed by atoms with Crippen molar-refractivity contribution in [2.75, 3.05) is 19.6 Å². The number of rotatable bonds is 10. The fourth-order valence-electron chi connectivity index (χ4n) is 5.91. The lowest BCUT2D eigenvalue weighted by Gasteiger charge is -2.36. The zero-order valence-electron chi connectivity index (χ0n) is 22.8. The van der Waals surface area contributed by atoms with Crippen LogP contribution in [-0.4, -0.2) is 52.7 Å². The number of para-hydroxylation sites is 1. The number of Topliss-reactive ketones (excluding diaryl/α,β-unsaturated/α-hetero) is 1. The molecule has 218 valence electrons. The summed E-state index contributed by atoms with van der Waals surface area (Å²) < 4.78 is 70.5. The molecule has 4 rings (SSSR count). The van der Waals surface area contributed by atoms with Crippen LogP contribution >= 0.6 is 0 Å². The second-order valence-electron chi connectivity index (χ2n) is 10.6. The van der Waals surface area contributed by atoms with Gasteiger partial charge in [-0.25, -0.2) is 0 Å². The van der Waals surface area contributed by atoms with Gasteiger partial charge in [-0.3, -0.25) is 9.59 Å². The number of hydrogen-bond donors (Lipinski definition) is 1. The summed E-state index contributed by atoms with van der Waals surface area (Å²) in [5, 5.41) is 0.765. The number of H-pyrrole nitrogens is 1. The van der Waals surface area contributed by atoms with Gasteiger partial charge in [0.25, 0.3) is 5.56 Å². The van der Waals surface area contributed by atoms with Crippen molar-refractivity contribution in [2.24, 2.45) is 5.92 Å². The molecule has 0 amide bonds. The summed E-state index contributed by atoms with van der Waals surface area (Å²) >= 11 is 0. The Kier molecular flexibility index (Phi) is 9.02. The summed E-state index contributed by atoms with van der Waals surface area (Å²) in [5.74, 6) is -0.234. The summed E-state index contributed by atoms with van der Waals surface area (Å²) in [5.41, 5.74) is 1.95. The van der Waals surface area contributed by atoms with Gasteiger partial charge < -0.3 is 19.2 Å². The molecule has 3 heterocycles. The fourth-order valence-corrected chi connectivity index (χ4v) is 5.91. The van der Waals surface area contributed by atoms with Gasteiger partial charge in [0.05, 0.1) is 12.0 Å². The molecule has 1 aliphatic heterocycles. The molecule has 0 saturated carbocycles. The van der Waals surface area contributed by atoms with Crippen LogP contribution in [0.5, 0.6) is 5.75 Å². The third kappa shape index (κ3) is 6.74. The monoisotopic (exact) mass is 567 g/mol. The van der Waals surface area contributed by atoms with Crippen LogP contribution in [0.4, 0.5) is 22.0 Å². The summed E-state index contributed by atoms with van der Waals surface area (Å²) in [4.78, 5) is 30.5. The average Bonchev–Trinajstić information content (AvgIpc) is 3.17. The number of fused-ring (bicyclic) bond motifs is 1. The number of nitrogens with zero attached hydrogens (tertiary/aromatic N) is 2. The molecule has 6 nitrogen and oxygen atoms in total. The molecule has 1 aromatic carbocycles. The first-order valence-corrected chi connectivity index (χ1v) is 13.4. The van der Waals surface area contributed by atoms with Crippen LogP contribution in [0.2, 0.25) is 0 Å². The first kappa shape index (κ1) is 29.8. The molecule has 2 aromatic heterocycles. The Morgan fingerprint density at radius 3 is 2.48 bits per heavy atom. The fraction of sp³-hybridized carbons (Fsp3) is 0.517. The van der Waals surface area contributed by atoms with Gasteiger partial charge in [-0.05, 0) is 71.2 Å². The van der Waals surface area contributed by atoms with Crippen LogP contribution in [0.1, 0.15) is 66.0 Å². The Morgan fingerprint density at radius 2 is 1.82 bits per heavy atom. The van der Waals surface area contributed by atoms with Crippen molar-refractivity contribution in [1.29, 1.82) is 0 Å². The molecule has 11 heteroatoms. The second kappa shape index (κ2) is 12.1. The van der Waals surface area contributed by atoms with Crippen molar-refractivity contribution < 1.29 is 31.5 Å². The number of nitrogens with one attached hydrogen (secondary N) is 1. The van der Waals surface area contributed by atoms with E-state index in [-0.39, 0.29) is 48.4 Å². The van der Waals surface area contributed by atoms with E-state index in [1.165, 1.54) is 6.07 Å². The lowest BCUT2D eigenvalue weighted by molar-refractivity contribution is -0.138. The van der Waals surface area contributed by atoms with Crippen molar-refractivity contribution in [1.82, 2.24) is 14.5 Å². The first-order chi connectivity index (χ1) is 18.9. The zero-order chi connectivity index (χ0) is 29.2. The van der Waals surface area contributed by atoms with Crippen LogP contribution in [0.3, 0.4) is 0 Å². The number of benzene rings is 1. The number of pyridine rings is 1. The third-order valence-corrected chi connectivity index (χ3v) is 7.92. The standard InChI is InChI=1S/C29H34F5N3O3/c1-17-16-25(40-28(30)31)22(27(39)35-17)8-9-24(38)26-19(3)37(23-7-5-4-6-21(23)26)18(2)20-10-13-36(14-11-20)15-12-29(32,33)34/h4-7,16,18,20,28H,8-15H2,1-3H3,(H,35,39)/t18-/m1/s1. The number of carbonyl (C=O) groups excluding carboxylic acids is 1. The number of ketones is 1. The number of halogens is 5. The highest BCUT2D eigenvalue weighted by Crippen LogP contribution is 2.36. The lowest BCUT2D eigenvalue weighted by atomic mass is 9.89. The van der Waals surface area contributed by atoms with Gasteiger partial charge in [0, 0.05) is 46.9 Å². The summed E-state index contributed by atoms with van der Waals surface area (Å²) in [6.07, 6.45) is -3.63. The molecule has 1 atom stereocenters.